The number of Topliss-reactive ketones (excluding diaryl/α,β-unsaturated/α-hetero) is 1. The number of rotatable bonds is 7. The molecule has 1 aromatic heterocycles. The van der Waals surface area contributed by atoms with E-state index in [4.69, 9.17) is 10.8 Å². The van der Waals surface area contributed by atoms with E-state index < -0.39 is 12.0 Å². The summed E-state index contributed by atoms with van der Waals surface area (Å²) in [6.07, 6.45) is 3.40. The number of para-hydroxylation sites is 1. The highest BCUT2D eigenvalue weighted by Gasteiger charge is 2.13. The number of aromatic amines is 1. The summed E-state index contributed by atoms with van der Waals surface area (Å²) < 4.78 is 0. The molecule has 2 aromatic rings. The molecule has 5 heteroatoms. The van der Waals surface area contributed by atoms with Gasteiger partial charge in [-0.05, 0) is 24.5 Å². The molecule has 1 heterocycles. The van der Waals surface area contributed by atoms with Crippen molar-refractivity contribution in [2.45, 2.75) is 31.7 Å². The molecule has 4 N–H and O–H groups in total. The Labute approximate surface area is 116 Å². The zero-order valence-corrected chi connectivity index (χ0v) is 11.1. The highest BCUT2D eigenvalue weighted by molar-refractivity contribution is 5.84. The van der Waals surface area contributed by atoms with E-state index in [9.17, 15) is 9.59 Å². The number of nitrogens with one attached hydrogen (secondary N) is 1. The van der Waals surface area contributed by atoms with Crippen LogP contribution in [-0.4, -0.2) is 27.9 Å². The number of carboxylic acid groups (broad SMARTS) is 1. The summed E-state index contributed by atoms with van der Waals surface area (Å²) in [4.78, 5) is 25.5. The molecule has 1 atom stereocenters. The van der Waals surface area contributed by atoms with Crippen LogP contribution in [0.4, 0.5) is 0 Å². The average molecular weight is 274 g/mol. The molecule has 5 nitrogen and oxygen atoms in total. The highest BCUT2D eigenvalue weighted by atomic mass is 16.4. The number of carbonyl (C=O) groups excluding carboxylic acids is 1. The van der Waals surface area contributed by atoms with E-state index in [2.05, 4.69) is 4.98 Å². The molecule has 0 aliphatic carbocycles. The number of ketones is 1. The number of fused-ring (bicyclic) bond motifs is 1. The molecule has 2 rings (SSSR count). The fourth-order valence-corrected chi connectivity index (χ4v) is 2.18. The molecule has 0 aliphatic heterocycles. The van der Waals surface area contributed by atoms with Gasteiger partial charge in [-0.1, -0.05) is 18.2 Å². The molecule has 0 bridgehead atoms. The average Bonchev–Trinajstić information content (AvgIpc) is 2.85. The quantitative estimate of drug-likeness (QED) is 0.718. The normalized spacial score (nSPS) is 12.4. The highest BCUT2D eigenvalue weighted by Crippen LogP contribution is 2.19. The van der Waals surface area contributed by atoms with Crippen molar-refractivity contribution in [3.05, 3.63) is 36.0 Å². The Hall–Kier alpha value is -2.14. The largest absolute Gasteiger partial charge is 0.480 e. The van der Waals surface area contributed by atoms with Gasteiger partial charge in [0.05, 0.1) is 0 Å². The van der Waals surface area contributed by atoms with Crippen molar-refractivity contribution in [1.29, 1.82) is 0 Å². The van der Waals surface area contributed by atoms with Crippen molar-refractivity contribution in [3.63, 3.8) is 0 Å². The summed E-state index contributed by atoms with van der Waals surface area (Å²) in [6, 6.07) is 6.99. The van der Waals surface area contributed by atoms with Crippen molar-refractivity contribution in [3.8, 4) is 0 Å². The molecule has 0 aliphatic rings. The minimum absolute atomic E-state index is 0.0481. The number of aliphatic carboxylic acids is 1. The van der Waals surface area contributed by atoms with Gasteiger partial charge in [-0.3, -0.25) is 9.59 Å². The first kappa shape index (κ1) is 14.3. The lowest BCUT2D eigenvalue weighted by atomic mass is 10.0. The van der Waals surface area contributed by atoms with Crippen LogP contribution in [0.3, 0.4) is 0 Å². The lowest BCUT2D eigenvalue weighted by molar-refractivity contribution is -0.138. The van der Waals surface area contributed by atoms with E-state index in [0.29, 0.717) is 12.8 Å². The van der Waals surface area contributed by atoms with Gasteiger partial charge in [0.15, 0.2) is 0 Å². The summed E-state index contributed by atoms with van der Waals surface area (Å²) in [5, 5.41) is 9.78. The second-order valence-electron chi connectivity index (χ2n) is 4.88. The lowest BCUT2D eigenvalue weighted by Gasteiger charge is -2.05. The van der Waals surface area contributed by atoms with E-state index >= 15 is 0 Å². The van der Waals surface area contributed by atoms with E-state index in [1.54, 1.807) is 0 Å². The third-order valence-corrected chi connectivity index (χ3v) is 3.40. The minimum Gasteiger partial charge on any atom is -0.480 e. The van der Waals surface area contributed by atoms with E-state index in [-0.39, 0.29) is 18.6 Å². The molecule has 106 valence electrons. The van der Waals surface area contributed by atoms with Gasteiger partial charge < -0.3 is 15.8 Å². The molecule has 0 saturated carbocycles. The van der Waals surface area contributed by atoms with Crippen molar-refractivity contribution in [1.82, 2.24) is 4.98 Å². The molecule has 0 amide bonds. The van der Waals surface area contributed by atoms with Crippen LogP contribution in [-0.2, 0) is 16.0 Å². The van der Waals surface area contributed by atoms with Gasteiger partial charge in [0.2, 0.25) is 0 Å². The Morgan fingerprint density at radius 3 is 2.75 bits per heavy atom. The molecule has 1 unspecified atom stereocenters. The molecule has 0 radical (unpaired) electrons. The maximum Gasteiger partial charge on any atom is 0.320 e. The molecule has 0 saturated heterocycles. The van der Waals surface area contributed by atoms with Gasteiger partial charge in [-0.2, -0.15) is 0 Å². The third kappa shape index (κ3) is 3.45. The number of carboxylic acids is 1. The molecule has 0 spiro atoms. The van der Waals surface area contributed by atoms with Crippen molar-refractivity contribution in [2.24, 2.45) is 5.73 Å². The zero-order valence-electron chi connectivity index (χ0n) is 11.1. The Morgan fingerprint density at radius 1 is 1.25 bits per heavy atom. The van der Waals surface area contributed by atoms with Gasteiger partial charge in [-0.15, -0.1) is 0 Å². The summed E-state index contributed by atoms with van der Waals surface area (Å²) in [5.74, 6) is -1.01. The first-order chi connectivity index (χ1) is 9.58. The Bertz CT molecular complexity index is 618. The number of aromatic nitrogens is 1. The van der Waals surface area contributed by atoms with Gasteiger partial charge in [-0.25, -0.2) is 0 Å². The second-order valence-corrected chi connectivity index (χ2v) is 4.88. The number of hydrogen-bond donors (Lipinski definition) is 3. The van der Waals surface area contributed by atoms with Crippen LogP contribution in [0.2, 0.25) is 0 Å². The summed E-state index contributed by atoms with van der Waals surface area (Å²) in [5.41, 5.74) is 7.54. The number of aryl methyl sites for hydroxylation is 1. The monoisotopic (exact) mass is 274 g/mol. The molecule has 20 heavy (non-hydrogen) atoms. The van der Waals surface area contributed by atoms with Crippen molar-refractivity contribution < 1.29 is 14.7 Å². The second kappa shape index (κ2) is 6.34. The van der Waals surface area contributed by atoms with Crippen molar-refractivity contribution in [2.75, 3.05) is 0 Å². The van der Waals surface area contributed by atoms with Crippen LogP contribution in [0, 0.1) is 0 Å². The fraction of sp³-hybridized carbons (Fsp3) is 0.333. The predicted octanol–water partition coefficient (Wildman–Crippen LogP) is 1.86. The third-order valence-electron chi connectivity index (χ3n) is 3.40. The fourth-order valence-electron chi connectivity index (χ4n) is 2.18. The SMILES string of the molecule is NC(CCC(=O)CCc1c[nH]c2ccccc12)C(=O)O. The predicted molar refractivity (Wildman–Crippen MR) is 76.5 cm³/mol. The van der Waals surface area contributed by atoms with Gasteiger partial charge >= 0.3 is 5.97 Å². The summed E-state index contributed by atoms with van der Waals surface area (Å²) >= 11 is 0. The van der Waals surface area contributed by atoms with Crippen LogP contribution in [0.15, 0.2) is 30.5 Å². The molecular formula is C15H18N2O3. The van der Waals surface area contributed by atoms with Crippen LogP contribution < -0.4 is 5.73 Å². The number of carbonyl (C=O) groups is 2. The van der Waals surface area contributed by atoms with Gasteiger partial charge in [0.25, 0.3) is 0 Å². The number of hydrogen-bond acceptors (Lipinski definition) is 3. The van der Waals surface area contributed by atoms with E-state index in [1.165, 1.54) is 0 Å². The minimum atomic E-state index is -1.06. The first-order valence-electron chi connectivity index (χ1n) is 6.63. The number of nitrogens with two attached hydrogens (primary N) is 1. The molecular weight excluding hydrogens is 256 g/mol. The first-order valence-corrected chi connectivity index (χ1v) is 6.63. The van der Waals surface area contributed by atoms with Crippen LogP contribution in [0.1, 0.15) is 24.8 Å². The standard InChI is InChI=1S/C15H18N2O3/c16-13(15(19)20)8-7-11(18)6-5-10-9-17-14-4-2-1-3-12(10)14/h1-4,9,13,17H,5-8,16H2,(H,19,20). The van der Waals surface area contributed by atoms with E-state index in [1.807, 2.05) is 30.5 Å². The Kier molecular flexibility index (Phi) is 4.53. The maximum atomic E-state index is 11.7. The summed E-state index contributed by atoms with van der Waals surface area (Å²) in [7, 11) is 0. The Morgan fingerprint density at radius 2 is 2.00 bits per heavy atom. The maximum absolute atomic E-state index is 11.7. The molecule has 0 fully saturated rings. The number of H-pyrrole nitrogens is 1. The van der Waals surface area contributed by atoms with Crippen LogP contribution >= 0.6 is 0 Å². The van der Waals surface area contributed by atoms with Crippen LogP contribution in [0.25, 0.3) is 10.9 Å². The van der Waals surface area contributed by atoms with Crippen molar-refractivity contribution >= 4 is 22.7 Å². The van der Waals surface area contributed by atoms with Gasteiger partial charge in [0, 0.05) is 29.9 Å². The van der Waals surface area contributed by atoms with Crippen LogP contribution in [0.5, 0.6) is 0 Å². The van der Waals surface area contributed by atoms with Gasteiger partial charge in [0.1, 0.15) is 11.8 Å². The zero-order chi connectivity index (χ0) is 14.5. The van der Waals surface area contributed by atoms with E-state index in [0.717, 1.165) is 16.5 Å². The number of benzene rings is 1. The topological polar surface area (TPSA) is 96.2 Å². The molecule has 1 aromatic carbocycles. The lowest BCUT2D eigenvalue weighted by Crippen LogP contribution is -2.30. The Balaban J connectivity index is 1.86. The smallest absolute Gasteiger partial charge is 0.320 e. The summed E-state index contributed by atoms with van der Waals surface area (Å²) in [6.45, 7) is 0.